The molecule has 1 aromatic carbocycles. The molecule has 0 saturated heterocycles. The molecule has 0 spiro atoms. The van der Waals surface area contributed by atoms with E-state index in [-0.39, 0.29) is 6.47 Å². The predicted octanol–water partition coefficient (Wildman–Crippen LogP) is 3.75. The highest BCUT2D eigenvalue weighted by Gasteiger charge is 2.16. The molecule has 0 bridgehead atoms. The van der Waals surface area contributed by atoms with Crippen molar-refractivity contribution in [2.24, 2.45) is 0 Å². The van der Waals surface area contributed by atoms with Gasteiger partial charge in [0.05, 0.1) is 12.2 Å². The molecular weight excluding hydrogens is 318 g/mol. The number of nitrogens with zero attached hydrogens (tertiary/aromatic N) is 3. The molecule has 0 unspecified atom stereocenters. The third-order valence-corrected chi connectivity index (χ3v) is 3.82. The van der Waals surface area contributed by atoms with E-state index in [1.807, 2.05) is 42.6 Å². The van der Waals surface area contributed by atoms with Crippen LogP contribution in [0.1, 0.15) is 11.3 Å². The second kappa shape index (κ2) is 7.44. The van der Waals surface area contributed by atoms with Gasteiger partial charge in [-0.3, -0.25) is 9.78 Å². The van der Waals surface area contributed by atoms with Crippen molar-refractivity contribution in [3.63, 3.8) is 0 Å². The summed E-state index contributed by atoms with van der Waals surface area (Å²) in [6, 6.07) is 14.0. The molecule has 6 nitrogen and oxygen atoms in total. The van der Waals surface area contributed by atoms with Gasteiger partial charge in [-0.25, -0.2) is 4.98 Å². The molecule has 0 fully saturated rings. The molecule has 0 saturated carbocycles. The quantitative estimate of drug-likeness (QED) is 0.577. The zero-order valence-electron chi connectivity index (χ0n) is 13.7. The highest BCUT2D eigenvalue weighted by molar-refractivity contribution is 5.86. The molecule has 0 atom stereocenters. The first-order valence-electron chi connectivity index (χ1n) is 7.72. The fourth-order valence-corrected chi connectivity index (χ4v) is 2.70. The molecule has 25 heavy (non-hydrogen) atoms. The second-order valence-electron chi connectivity index (χ2n) is 5.36. The maximum atomic E-state index is 8.36. The van der Waals surface area contributed by atoms with Crippen molar-refractivity contribution in [3.05, 3.63) is 72.3 Å². The first-order chi connectivity index (χ1) is 12.2. The summed E-state index contributed by atoms with van der Waals surface area (Å²) in [5, 5.41) is 8.02. The summed E-state index contributed by atoms with van der Waals surface area (Å²) in [5.74, 6) is 1.65. The maximum absolute atomic E-state index is 8.36. The van der Waals surface area contributed by atoms with Crippen LogP contribution in [0.2, 0.25) is 0 Å². The van der Waals surface area contributed by atoms with Crippen molar-refractivity contribution in [3.8, 4) is 11.6 Å². The van der Waals surface area contributed by atoms with E-state index in [1.165, 1.54) is 0 Å². The Bertz CT molecular complexity index is 974. The van der Waals surface area contributed by atoms with Gasteiger partial charge in [0.25, 0.3) is 6.47 Å². The lowest BCUT2D eigenvalue weighted by molar-refractivity contribution is -0.122. The molecule has 0 aliphatic carbocycles. The highest BCUT2D eigenvalue weighted by atomic mass is 16.3. The third kappa shape index (κ3) is 3.42. The molecule has 4 aromatic rings. The summed E-state index contributed by atoms with van der Waals surface area (Å²) in [5.41, 5.74) is 3.00. The van der Waals surface area contributed by atoms with Crippen LogP contribution in [0.25, 0.3) is 22.6 Å². The van der Waals surface area contributed by atoms with Gasteiger partial charge in [0.2, 0.25) is 0 Å². The fourth-order valence-electron chi connectivity index (χ4n) is 2.70. The molecule has 1 N–H and O–H groups in total. The van der Waals surface area contributed by atoms with Crippen molar-refractivity contribution >= 4 is 17.4 Å². The highest BCUT2D eigenvalue weighted by Crippen LogP contribution is 2.32. The number of hydrogen-bond acceptors (Lipinski definition) is 4. The molecule has 0 aliphatic rings. The molecule has 126 valence electrons. The van der Waals surface area contributed by atoms with E-state index < -0.39 is 0 Å². The van der Waals surface area contributed by atoms with Gasteiger partial charge in [-0.2, -0.15) is 0 Å². The lowest BCUT2D eigenvalue weighted by Gasteiger charge is -2.06. The number of furan rings is 1. The largest absolute Gasteiger partial charge is 0.483 e. The molecule has 3 heterocycles. The number of carboxylic acid groups (broad SMARTS) is 1. The number of aromatic nitrogens is 3. The van der Waals surface area contributed by atoms with E-state index in [0.717, 1.165) is 33.8 Å². The minimum absolute atomic E-state index is 0.250. The van der Waals surface area contributed by atoms with Gasteiger partial charge in [-0.15, -0.1) is 0 Å². The Kier molecular flexibility index (Phi) is 4.89. The van der Waals surface area contributed by atoms with Gasteiger partial charge in [0.15, 0.2) is 11.6 Å². The number of carbonyl (C=O) groups is 1. The van der Waals surface area contributed by atoms with Crippen molar-refractivity contribution in [1.82, 2.24) is 14.5 Å². The predicted molar refractivity (Wildman–Crippen MR) is 94.2 cm³/mol. The van der Waals surface area contributed by atoms with Crippen LogP contribution in [0.4, 0.5) is 0 Å². The van der Waals surface area contributed by atoms with Gasteiger partial charge < -0.3 is 14.1 Å². The Hall–Kier alpha value is -3.41. The van der Waals surface area contributed by atoms with Crippen molar-refractivity contribution in [2.75, 3.05) is 0 Å². The second-order valence-corrected chi connectivity index (χ2v) is 5.36. The molecular formula is C19H17N3O3. The Balaban J connectivity index is 0.000000569. The van der Waals surface area contributed by atoms with E-state index in [2.05, 4.69) is 27.5 Å². The van der Waals surface area contributed by atoms with Gasteiger partial charge in [-0.05, 0) is 25.1 Å². The van der Waals surface area contributed by atoms with E-state index in [4.69, 9.17) is 14.3 Å². The normalized spacial score (nSPS) is 10.3. The molecule has 3 aromatic heterocycles. The number of para-hydroxylation sites is 1. The molecule has 0 radical (unpaired) electrons. The van der Waals surface area contributed by atoms with Crippen LogP contribution in [0.3, 0.4) is 0 Å². The maximum Gasteiger partial charge on any atom is 0.290 e. The summed E-state index contributed by atoms with van der Waals surface area (Å²) in [6.07, 6.45) is 5.56. The Morgan fingerprint density at radius 2 is 1.88 bits per heavy atom. The third-order valence-electron chi connectivity index (χ3n) is 3.82. The number of rotatable bonds is 3. The van der Waals surface area contributed by atoms with Crippen LogP contribution in [0.5, 0.6) is 0 Å². The van der Waals surface area contributed by atoms with Crippen LogP contribution >= 0.6 is 0 Å². The lowest BCUT2D eigenvalue weighted by atomic mass is 10.1. The number of hydrogen-bond donors (Lipinski definition) is 1. The summed E-state index contributed by atoms with van der Waals surface area (Å²) in [4.78, 5) is 17.2. The summed E-state index contributed by atoms with van der Waals surface area (Å²) in [6.45, 7) is 2.49. The Morgan fingerprint density at radius 3 is 2.60 bits per heavy atom. The van der Waals surface area contributed by atoms with Crippen LogP contribution in [-0.4, -0.2) is 26.1 Å². The first kappa shape index (κ1) is 16.4. The van der Waals surface area contributed by atoms with Crippen LogP contribution in [0.15, 0.2) is 65.5 Å². The smallest absolute Gasteiger partial charge is 0.290 e. The van der Waals surface area contributed by atoms with Crippen LogP contribution in [0, 0.1) is 6.92 Å². The fraction of sp³-hybridized carbons (Fsp3) is 0.105. The SMILES string of the molecule is Cc1c(-c2nccn2Cc2ccccn2)oc2ccccc12.O=CO. The van der Waals surface area contributed by atoms with Gasteiger partial charge in [0, 0.05) is 29.5 Å². The Morgan fingerprint density at radius 1 is 1.12 bits per heavy atom. The lowest BCUT2D eigenvalue weighted by Crippen LogP contribution is -2.02. The summed E-state index contributed by atoms with van der Waals surface area (Å²) < 4.78 is 8.08. The number of imidazole rings is 1. The van der Waals surface area contributed by atoms with Crippen molar-refractivity contribution < 1.29 is 14.3 Å². The monoisotopic (exact) mass is 335 g/mol. The van der Waals surface area contributed by atoms with Gasteiger partial charge >= 0.3 is 0 Å². The van der Waals surface area contributed by atoms with Crippen LogP contribution in [-0.2, 0) is 11.3 Å². The van der Waals surface area contributed by atoms with Crippen molar-refractivity contribution in [1.29, 1.82) is 0 Å². The Labute approximate surface area is 144 Å². The minimum atomic E-state index is -0.250. The van der Waals surface area contributed by atoms with Crippen LogP contribution < -0.4 is 0 Å². The van der Waals surface area contributed by atoms with Gasteiger partial charge in [-0.1, -0.05) is 24.3 Å². The standard InChI is InChI=1S/C18H15N3O.CH2O2/c1-13-15-7-2-3-8-16(15)22-17(13)18-20-10-11-21(18)12-14-6-4-5-9-19-14;2-1-3/h2-11H,12H2,1H3;1H,(H,2,3). The van der Waals surface area contributed by atoms with E-state index >= 15 is 0 Å². The zero-order valence-corrected chi connectivity index (χ0v) is 13.7. The average Bonchev–Trinajstić information content (AvgIpc) is 3.21. The number of benzene rings is 1. The summed E-state index contributed by atoms with van der Waals surface area (Å²) in [7, 11) is 0. The first-order valence-corrected chi connectivity index (χ1v) is 7.72. The minimum Gasteiger partial charge on any atom is -0.483 e. The number of pyridine rings is 1. The number of aryl methyl sites for hydroxylation is 1. The average molecular weight is 335 g/mol. The molecule has 0 aliphatic heterocycles. The molecule has 6 heteroatoms. The van der Waals surface area contributed by atoms with E-state index in [0.29, 0.717) is 6.54 Å². The van der Waals surface area contributed by atoms with E-state index in [1.54, 1.807) is 12.4 Å². The topological polar surface area (TPSA) is 81.2 Å². The molecule has 0 amide bonds. The summed E-state index contributed by atoms with van der Waals surface area (Å²) >= 11 is 0. The molecule has 4 rings (SSSR count). The number of fused-ring (bicyclic) bond motifs is 1. The zero-order chi connectivity index (χ0) is 17.6. The van der Waals surface area contributed by atoms with Crippen molar-refractivity contribution in [2.45, 2.75) is 13.5 Å². The van der Waals surface area contributed by atoms with Gasteiger partial charge in [0.1, 0.15) is 5.58 Å². The van der Waals surface area contributed by atoms with E-state index in [9.17, 15) is 0 Å².